The van der Waals surface area contributed by atoms with E-state index in [1.165, 1.54) is 0 Å². The Morgan fingerprint density at radius 1 is 1.22 bits per heavy atom. The van der Waals surface area contributed by atoms with Gasteiger partial charge in [-0.15, -0.1) is 0 Å². The van der Waals surface area contributed by atoms with Gasteiger partial charge in [-0.2, -0.15) is 0 Å². The van der Waals surface area contributed by atoms with Gasteiger partial charge in [-0.25, -0.2) is 4.79 Å². The summed E-state index contributed by atoms with van der Waals surface area (Å²) in [7, 11) is 0. The second-order valence-electron chi connectivity index (χ2n) is 6.20. The monoisotopic (exact) mass is 312 g/mol. The molecule has 23 heavy (non-hydrogen) atoms. The van der Waals surface area contributed by atoms with E-state index in [0.29, 0.717) is 24.9 Å². The van der Waals surface area contributed by atoms with E-state index in [1.54, 1.807) is 0 Å². The highest BCUT2D eigenvalue weighted by atomic mass is 16.4. The van der Waals surface area contributed by atoms with Crippen LogP contribution in [0, 0.1) is 13.8 Å². The molecule has 1 fully saturated rings. The van der Waals surface area contributed by atoms with Crippen LogP contribution in [0.3, 0.4) is 0 Å². The molecule has 1 aromatic heterocycles. The Morgan fingerprint density at radius 3 is 2.43 bits per heavy atom. The van der Waals surface area contributed by atoms with Crippen LogP contribution in [0.5, 0.6) is 0 Å². The number of amides is 1. The molecule has 1 amide bonds. The minimum absolute atomic E-state index is 0.308. The van der Waals surface area contributed by atoms with Crippen molar-refractivity contribution in [2.45, 2.75) is 38.8 Å². The van der Waals surface area contributed by atoms with Gasteiger partial charge in [0.05, 0.1) is 5.56 Å². The molecule has 0 bridgehead atoms. The lowest BCUT2D eigenvalue weighted by Gasteiger charge is -2.13. The highest BCUT2D eigenvalue weighted by Gasteiger charge is 2.51. The summed E-state index contributed by atoms with van der Waals surface area (Å²) in [6.45, 7) is 4.54. The standard InChI is InChI=1S/C18H20N2O3/c1-12-10-15(16(21)19-18(8-9-18)17(22)23)13(2)20(12)11-14-6-4-3-5-7-14/h3-7,10H,8-9,11H2,1-2H3,(H,19,21)(H,22,23). The predicted molar refractivity (Wildman–Crippen MR) is 86.5 cm³/mol. The third kappa shape index (κ3) is 2.86. The van der Waals surface area contributed by atoms with E-state index in [4.69, 9.17) is 0 Å². The van der Waals surface area contributed by atoms with E-state index in [0.717, 1.165) is 17.0 Å². The smallest absolute Gasteiger partial charge is 0.329 e. The van der Waals surface area contributed by atoms with Crippen molar-refractivity contribution >= 4 is 11.9 Å². The van der Waals surface area contributed by atoms with Gasteiger partial charge in [0.25, 0.3) is 5.91 Å². The van der Waals surface area contributed by atoms with Gasteiger partial charge in [0.1, 0.15) is 5.54 Å². The summed E-state index contributed by atoms with van der Waals surface area (Å²) < 4.78 is 2.07. The summed E-state index contributed by atoms with van der Waals surface area (Å²) in [6.07, 6.45) is 0.994. The molecule has 0 radical (unpaired) electrons. The molecular weight excluding hydrogens is 292 g/mol. The minimum atomic E-state index is -1.06. The number of nitrogens with one attached hydrogen (secondary N) is 1. The van der Waals surface area contributed by atoms with Crippen molar-refractivity contribution < 1.29 is 14.7 Å². The molecule has 1 aromatic carbocycles. The number of rotatable bonds is 5. The third-order valence-corrected chi connectivity index (χ3v) is 4.51. The molecule has 1 heterocycles. The lowest BCUT2D eigenvalue weighted by atomic mass is 10.2. The number of benzene rings is 1. The van der Waals surface area contributed by atoms with Crippen LogP contribution in [-0.2, 0) is 11.3 Å². The SMILES string of the molecule is Cc1cc(C(=O)NC2(C(=O)O)CC2)c(C)n1Cc1ccccc1. The summed E-state index contributed by atoms with van der Waals surface area (Å²) in [4.78, 5) is 23.7. The number of hydrogen-bond acceptors (Lipinski definition) is 2. The second-order valence-corrected chi connectivity index (χ2v) is 6.20. The molecule has 0 atom stereocenters. The Labute approximate surface area is 134 Å². The van der Waals surface area contributed by atoms with E-state index < -0.39 is 11.5 Å². The first-order valence-corrected chi connectivity index (χ1v) is 7.69. The Morgan fingerprint density at radius 2 is 1.87 bits per heavy atom. The molecule has 5 heteroatoms. The Bertz CT molecular complexity index is 758. The van der Waals surface area contributed by atoms with Gasteiger partial charge >= 0.3 is 5.97 Å². The van der Waals surface area contributed by atoms with E-state index in [9.17, 15) is 14.7 Å². The summed E-state index contributed by atoms with van der Waals surface area (Å²) in [5.74, 6) is -1.26. The van der Waals surface area contributed by atoms with Gasteiger partial charge in [0, 0.05) is 17.9 Å². The molecule has 0 saturated heterocycles. The van der Waals surface area contributed by atoms with Crippen LogP contribution in [0.2, 0.25) is 0 Å². The molecule has 1 aliphatic carbocycles. The van der Waals surface area contributed by atoms with Gasteiger partial charge in [0.2, 0.25) is 0 Å². The molecule has 0 unspecified atom stereocenters. The molecule has 0 aliphatic heterocycles. The first kappa shape index (κ1) is 15.3. The zero-order valence-corrected chi connectivity index (χ0v) is 13.3. The summed E-state index contributed by atoms with van der Waals surface area (Å²) in [5, 5.41) is 11.9. The van der Waals surface area contributed by atoms with Crippen molar-refractivity contribution in [1.29, 1.82) is 0 Å². The van der Waals surface area contributed by atoms with Crippen LogP contribution in [0.15, 0.2) is 36.4 Å². The van der Waals surface area contributed by atoms with Gasteiger partial charge in [-0.3, -0.25) is 4.79 Å². The molecule has 5 nitrogen and oxygen atoms in total. The van der Waals surface area contributed by atoms with Crippen molar-refractivity contribution in [3.05, 3.63) is 58.9 Å². The number of hydrogen-bond donors (Lipinski definition) is 2. The number of carbonyl (C=O) groups excluding carboxylic acids is 1. The normalized spacial score (nSPS) is 15.2. The second kappa shape index (κ2) is 5.57. The van der Waals surface area contributed by atoms with Gasteiger partial charge in [0.15, 0.2) is 0 Å². The first-order valence-electron chi connectivity index (χ1n) is 7.69. The highest BCUT2D eigenvalue weighted by Crippen LogP contribution is 2.36. The average Bonchev–Trinajstić information content (AvgIpc) is 3.25. The number of carboxylic acid groups (broad SMARTS) is 1. The van der Waals surface area contributed by atoms with Gasteiger partial charge in [-0.05, 0) is 38.3 Å². The summed E-state index contributed by atoms with van der Waals surface area (Å²) in [6, 6.07) is 11.9. The number of carboxylic acids is 1. The summed E-state index contributed by atoms with van der Waals surface area (Å²) in [5.41, 5.74) is 2.48. The lowest BCUT2D eigenvalue weighted by Crippen LogP contribution is -2.43. The predicted octanol–water partition coefficient (Wildman–Crippen LogP) is 2.50. The molecule has 1 saturated carbocycles. The number of aliphatic carboxylic acids is 1. The minimum Gasteiger partial charge on any atom is -0.480 e. The highest BCUT2D eigenvalue weighted by molar-refractivity contribution is 6.00. The van der Waals surface area contributed by atoms with Gasteiger partial charge in [-0.1, -0.05) is 30.3 Å². The average molecular weight is 312 g/mol. The van der Waals surface area contributed by atoms with Crippen LogP contribution >= 0.6 is 0 Å². The van der Waals surface area contributed by atoms with Crippen LogP contribution in [-0.4, -0.2) is 27.1 Å². The molecule has 1 aliphatic rings. The van der Waals surface area contributed by atoms with Gasteiger partial charge < -0.3 is 15.0 Å². The fraction of sp³-hybridized carbons (Fsp3) is 0.333. The maximum absolute atomic E-state index is 12.5. The van der Waals surface area contributed by atoms with Crippen LogP contribution in [0.4, 0.5) is 0 Å². The maximum Gasteiger partial charge on any atom is 0.329 e. The fourth-order valence-electron chi connectivity index (χ4n) is 2.84. The van der Waals surface area contributed by atoms with Crippen molar-refractivity contribution in [1.82, 2.24) is 9.88 Å². The zero-order valence-electron chi connectivity index (χ0n) is 13.3. The van der Waals surface area contributed by atoms with E-state index in [1.807, 2.05) is 50.2 Å². The van der Waals surface area contributed by atoms with Crippen molar-refractivity contribution in [2.24, 2.45) is 0 Å². The third-order valence-electron chi connectivity index (χ3n) is 4.51. The van der Waals surface area contributed by atoms with E-state index in [-0.39, 0.29) is 5.91 Å². The lowest BCUT2D eigenvalue weighted by molar-refractivity contribution is -0.140. The fourth-order valence-corrected chi connectivity index (χ4v) is 2.84. The zero-order chi connectivity index (χ0) is 16.6. The maximum atomic E-state index is 12.5. The number of carbonyl (C=O) groups is 2. The molecular formula is C18H20N2O3. The Hall–Kier alpha value is -2.56. The topological polar surface area (TPSA) is 71.3 Å². The van der Waals surface area contributed by atoms with Crippen molar-refractivity contribution in [2.75, 3.05) is 0 Å². The Kier molecular flexibility index (Phi) is 3.72. The summed E-state index contributed by atoms with van der Waals surface area (Å²) >= 11 is 0. The largest absolute Gasteiger partial charge is 0.480 e. The molecule has 0 spiro atoms. The molecule has 120 valence electrons. The van der Waals surface area contributed by atoms with E-state index in [2.05, 4.69) is 9.88 Å². The number of nitrogens with zero attached hydrogens (tertiary/aromatic N) is 1. The first-order chi connectivity index (χ1) is 10.9. The molecule has 2 aromatic rings. The Balaban J connectivity index is 1.83. The van der Waals surface area contributed by atoms with Crippen LogP contribution in [0.25, 0.3) is 0 Å². The van der Waals surface area contributed by atoms with Crippen LogP contribution in [0.1, 0.15) is 40.2 Å². The van der Waals surface area contributed by atoms with Crippen LogP contribution < -0.4 is 5.32 Å². The van der Waals surface area contributed by atoms with Crippen molar-refractivity contribution in [3.63, 3.8) is 0 Å². The number of aromatic nitrogens is 1. The number of aryl methyl sites for hydroxylation is 1. The molecule has 3 rings (SSSR count). The molecule has 2 N–H and O–H groups in total. The van der Waals surface area contributed by atoms with E-state index >= 15 is 0 Å². The quantitative estimate of drug-likeness (QED) is 0.891. The van der Waals surface area contributed by atoms with Crippen molar-refractivity contribution in [3.8, 4) is 0 Å².